The van der Waals surface area contributed by atoms with E-state index in [9.17, 15) is 4.79 Å². The molecular weight excluding hydrogens is 460 g/mol. The molecule has 178 valence electrons. The Bertz CT molecular complexity index is 1180. The number of carbonyl (C=O) groups excluding carboxylic acids is 1. The lowest BCUT2D eigenvalue weighted by Crippen LogP contribution is -2.36. The summed E-state index contributed by atoms with van der Waals surface area (Å²) in [5.41, 5.74) is 3.06. The van der Waals surface area contributed by atoms with Gasteiger partial charge in [0.05, 0.1) is 0 Å². The average molecular weight is 487 g/mol. The molecule has 1 aromatic heterocycles. The number of hydrogen-bond acceptors (Lipinski definition) is 4. The number of pyridine rings is 1. The molecule has 0 saturated heterocycles. The second kappa shape index (κ2) is 12.6. The lowest BCUT2D eigenvalue weighted by Gasteiger charge is -2.23. The molecule has 0 aliphatic heterocycles. The van der Waals surface area contributed by atoms with Gasteiger partial charge in [-0.2, -0.15) is 0 Å². The van der Waals surface area contributed by atoms with Gasteiger partial charge in [0, 0.05) is 36.4 Å². The van der Waals surface area contributed by atoms with Gasteiger partial charge in [0.1, 0.15) is 18.1 Å². The van der Waals surface area contributed by atoms with Gasteiger partial charge in [-0.05, 0) is 59.7 Å². The molecule has 0 bridgehead atoms. The molecule has 1 heterocycles. The minimum Gasteiger partial charge on any atom is -0.489 e. The Kier molecular flexibility index (Phi) is 8.74. The third kappa shape index (κ3) is 7.87. The maximum absolute atomic E-state index is 13.1. The third-order valence-corrected chi connectivity index (χ3v) is 5.69. The Hall–Kier alpha value is -3.83. The molecule has 0 unspecified atom stereocenters. The van der Waals surface area contributed by atoms with Gasteiger partial charge >= 0.3 is 0 Å². The summed E-state index contributed by atoms with van der Waals surface area (Å²) in [6.45, 7) is 1.46. The van der Waals surface area contributed by atoms with E-state index in [-0.39, 0.29) is 12.5 Å². The minimum absolute atomic E-state index is 0.0535. The van der Waals surface area contributed by atoms with Gasteiger partial charge in [-0.15, -0.1) is 0 Å². The maximum Gasteiger partial charge on any atom is 0.260 e. The number of halogens is 1. The third-order valence-electron chi connectivity index (χ3n) is 5.44. The molecule has 0 atom stereocenters. The zero-order valence-electron chi connectivity index (χ0n) is 19.3. The number of rotatable bonds is 11. The molecule has 4 aromatic rings. The van der Waals surface area contributed by atoms with Crippen LogP contribution in [0.3, 0.4) is 0 Å². The van der Waals surface area contributed by atoms with Crippen LogP contribution >= 0.6 is 11.6 Å². The van der Waals surface area contributed by atoms with Crippen molar-refractivity contribution in [3.05, 3.63) is 125 Å². The van der Waals surface area contributed by atoms with E-state index in [0.717, 1.165) is 22.6 Å². The fourth-order valence-corrected chi connectivity index (χ4v) is 3.63. The van der Waals surface area contributed by atoms with Gasteiger partial charge in [-0.25, -0.2) is 0 Å². The smallest absolute Gasteiger partial charge is 0.260 e. The van der Waals surface area contributed by atoms with Crippen molar-refractivity contribution in [2.24, 2.45) is 0 Å². The first-order valence-corrected chi connectivity index (χ1v) is 11.9. The molecule has 0 saturated carbocycles. The lowest BCUT2D eigenvalue weighted by atomic mass is 10.2. The van der Waals surface area contributed by atoms with Crippen molar-refractivity contribution in [3.63, 3.8) is 0 Å². The highest BCUT2D eigenvalue weighted by molar-refractivity contribution is 6.30. The first-order chi connectivity index (χ1) is 17.2. The fourth-order valence-electron chi connectivity index (χ4n) is 3.51. The van der Waals surface area contributed by atoms with Crippen molar-refractivity contribution in [2.75, 3.05) is 13.2 Å². The summed E-state index contributed by atoms with van der Waals surface area (Å²) in [5.74, 6) is 1.29. The standard InChI is InChI=1S/C29H27ClN2O3/c30-25-11-15-28(16-12-25)35-22-29(33)32(19-17-26-8-4-5-18-31-26)20-23-9-13-27(14-10-23)34-21-24-6-2-1-3-7-24/h1-16,18H,17,19-22H2. The summed E-state index contributed by atoms with van der Waals surface area (Å²) < 4.78 is 11.6. The Morgan fingerprint density at radius 3 is 2.17 bits per heavy atom. The molecule has 0 radical (unpaired) electrons. The number of benzene rings is 3. The van der Waals surface area contributed by atoms with Crippen molar-refractivity contribution in [3.8, 4) is 11.5 Å². The van der Waals surface area contributed by atoms with E-state index in [2.05, 4.69) is 4.98 Å². The quantitative estimate of drug-likeness (QED) is 0.262. The average Bonchev–Trinajstić information content (AvgIpc) is 2.91. The van der Waals surface area contributed by atoms with Crippen LogP contribution < -0.4 is 9.47 Å². The fraction of sp³-hybridized carbons (Fsp3) is 0.172. The minimum atomic E-state index is -0.0970. The summed E-state index contributed by atoms with van der Waals surface area (Å²) in [6, 6.07) is 30.7. The van der Waals surface area contributed by atoms with E-state index in [1.54, 1.807) is 35.4 Å². The molecule has 1 amide bonds. The van der Waals surface area contributed by atoms with E-state index < -0.39 is 0 Å². The molecule has 5 nitrogen and oxygen atoms in total. The molecular formula is C29H27ClN2O3. The number of amides is 1. The number of carbonyl (C=O) groups is 1. The number of hydrogen-bond donors (Lipinski definition) is 0. The van der Waals surface area contributed by atoms with Gasteiger partial charge in [-0.3, -0.25) is 9.78 Å². The van der Waals surface area contributed by atoms with Crippen molar-refractivity contribution >= 4 is 17.5 Å². The number of ether oxygens (including phenoxy) is 2. The van der Waals surface area contributed by atoms with Crippen molar-refractivity contribution in [1.82, 2.24) is 9.88 Å². The molecule has 0 spiro atoms. The van der Waals surface area contributed by atoms with Gasteiger partial charge < -0.3 is 14.4 Å². The molecule has 3 aromatic carbocycles. The zero-order valence-corrected chi connectivity index (χ0v) is 20.1. The highest BCUT2D eigenvalue weighted by Gasteiger charge is 2.16. The van der Waals surface area contributed by atoms with E-state index in [4.69, 9.17) is 21.1 Å². The Morgan fingerprint density at radius 1 is 0.771 bits per heavy atom. The van der Waals surface area contributed by atoms with Crippen LogP contribution in [0.15, 0.2) is 103 Å². The Morgan fingerprint density at radius 2 is 1.46 bits per heavy atom. The van der Waals surface area contributed by atoms with Crippen LogP contribution in [-0.4, -0.2) is 28.9 Å². The monoisotopic (exact) mass is 486 g/mol. The first kappa shape index (κ1) is 24.3. The summed E-state index contributed by atoms with van der Waals surface area (Å²) in [4.78, 5) is 19.2. The maximum atomic E-state index is 13.1. The molecule has 35 heavy (non-hydrogen) atoms. The van der Waals surface area contributed by atoms with Crippen molar-refractivity contribution in [1.29, 1.82) is 0 Å². The topological polar surface area (TPSA) is 51.7 Å². The van der Waals surface area contributed by atoms with Crippen LogP contribution in [-0.2, 0) is 24.4 Å². The molecule has 4 rings (SSSR count). The largest absolute Gasteiger partial charge is 0.489 e. The van der Waals surface area contributed by atoms with Crippen molar-refractivity contribution in [2.45, 2.75) is 19.6 Å². The van der Waals surface area contributed by atoms with Gasteiger partial charge in [0.2, 0.25) is 0 Å². The second-order valence-electron chi connectivity index (χ2n) is 8.05. The second-order valence-corrected chi connectivity index (χ2v) is 8.48. The van der Waals surface area contributed by atoms with E-state index >= 15 is 0 Å². The van der Waals surface area contributed by atoms with Gasteiger partial charge in [-0.1, -0.05) is 60.1 Å². The predicted octanol–water partition coefficient (Wildman–Crippen LogP) is 5.96. The Labute approximate surface area is 210 Å². The SMILES string of the molecule is O=C(COc1ccc(Cl)cc1)N(CCc1ccccn1)Cc1ccc(OCc2ccccc2)cc1. The molecule has 6 heteroatoms. The van der Waals surface area contributed by atoms with Gasteiger partial charge in [0.15, 0.2) is 6.61 Å². The number of nitrogens with zero attached hydrogens (tertiary/aromatic N) is 2. The normalized spacial score (nSPS) is 10.5. The van der Waals surface area contributed by atoms with Crippen LogP contribution in [0.1, 0.15) is 16.8 Å². The van der Waals surface area contributed by atoms with Crippen LogP contribution in [0.4, 0.5) is 0 Å². The first-order valence-electron chi connectivity index (χ1n) is 11.5. The molecule has 0 N–H and O–H groups in total. The summed E-state index contributed by atoms with van der Waals surface area (Å²) in [5, 5.41) is 0.622. The predicted molar refractivity (Wildman–Crippen MR) is 138 cm³/mol. The number of aromatic nitrogens is 1. The van der Waals surface area contributed by atoms with Gasteiger partial charge in [0.25, 0.3) is 5.91 Å². The van der Waals surface area contributed by atoms with E-state index in [1.807, 2.05) is 72.8 Å². The molecule has 0 fully saturated rings. The van der Waals surface area contributed by atoms with Crippen LogP contribution in [0.2, 0.25) is 5.02 Å². The summed E-state index contributed by atoms with van der Waals surface area (Å²) >= 11 is 5.93. The van der Waals surface area contributed by atoms with Crippen LogP contribution in [0, 0.1) is 0 Å². The van der Waals surface area contributed by atoms with Crippen LogP contribution in [0.25, 0.3) is 0 Å². The molecule has 0 aliphatic carbocycles. The van der Waals surface area contributed by atoms with Crippen molar-refractivity contribution < 1.29 is 14.3 Å². The zero-order chi connectivity index (χ0) is 24.3. The highest BCUT2D eigenvalue weighted by atomic mass is 35.5. The van der Waals surface area contributed by atoms with E-state index in [0.29, 0.717) is 36.9 Å². The van der Waals surface area contributed by atoms with E-state index in [1.165, 1.54) is 0 Å². The summed E-state index contributed by atoms with van der Waals surface area (Å²) in [7, 11) is 0. The lowest BCUT2D eigenvalue weighted by molar-refractivity contribution is -0.134. The Balaban J connectivity index is 1.37. The van der Waals surface area contributed by atoms with Crippen LogP contribution in [0.5, 0.6) is 11.5 Å². The highest BCUT2D eigenvalue weighted by Crippen LogP contribution is 2.18. The summed E-state index contributed by atoms with van der Waals surface area (Å²) in [6.07, 6.45) is 2.42. The molecule has 0 aliphatic rings.